The van der Waals surface area contributed by atoms with Gasteiger partial charge < -0.3 is 5.32 Å². The predicted molar refractivity (Wildman–Crippen MR) is 123 cm³/mol. The number of nitrogens with one attached hydrogen (secondary N) is 1. The molecule has 0 spiro atoms. The van der Waals surface area contributed by atoms with E-state index in [4.69, 9.17) is 4.98 Å². The van der Waals surface area contributed by atoms with E-state index in [9.17, 15) is 9.59 Å². The first kappa shape index (κ1) is 21.6. The highest BCUT2D eigenvalue weighted by Gasteiger charge is 2.20. The number of hydrogen-bond acceptors (Lipinski definition) is 5. The number of aromatic nitrogens is 2. The van der Waals surface area contributed by atoms with Crippen LogP contribution in [0.15, 0.2) is 34.2 Å². The third-order valence-corrected chi connectivity index (χ3v) is 6.94. The molecule has 0 saturated heterocycles. The standard InChI is InChI=1S/C22H27N3O2S2/c1-6-14(4)23-18(26)12-28-22-24-20-19(17(7-2)15(5)29-20)21(27)25(22)16-10-8-9-13(3)11-16/h8-11,14H,6-7,12H2,1-5H3,(H,23,26)/t14-/m1/s1. The van der Waals surface area contributed by atoms with E-state index in [-0.39, 0.29) is 23.3 Å². The first-order valence-corrected chi connectivity index (χ1v) is 11.7. The van der Waals surface area contributed by atoms with Gasteiger partial charge in [-0.2, -0.15) is 0 Å². The highest BCUT2D eigenvalue weighted by atomic mass is 32.2. The Morgan fingerprint density at radius 3 is 2.72 bits per heavy atom. The van der Waals surface area contributed by atoms with Crippen molar-refractivity contribution in [2.24, 2.45) is 0 Å². The lowest BCUT2D eigenvalue weighted by molar-refractivity contribution is -0.119. The largest absolute Gasteiger partial charge is 0.353 e. The molecule has 1 aromatic carbocycles. The Morgan fingerprint density at radius 2 is 2.07 bits per heavy atom. The summed E-state index contributed by atoms with van der Waals surface area (Å²) in [7, 11) is 0. The maximum atomic E-state index is 13.5. The zero-order chi connectivity index (χ0) is 21.1. The van der Waals surface area contributed by atoms with Gasteiger partial charge in [-0.25, -0.2) is 4.98 Å². The van der Waals surface area contributed by atoms with E-state index in [0.29, 0.717) is 10.5 Å². The molecule has 0 saturated carbocycles. The molecule has 154 valence electrons. The van der Waals surface area contributed by atoms with Gasteiger partial charge in [-0.1, -0.05) is 37.7 Å². The Morgan fingerprint density at radius 1 is 1.31 bits per heavy atom. The molecule has 0 radical (unpaired) electrons. The van der Waals surface area contributed by atoms with Crippen LogP contribution in [0.2, 0.25) is 0 Å². The number of nitrogens with zero attached hydrogens (tertiary/aromatic N) is 2. The number of thioether (sulfide) groups is 1. The lowest BCUT2D eigenvalue weighted by Gasteiger charge is -2.14. The molecule has 29 heavy (non-hydrogen) atoms. The zero-order valence-electron chi connectivity index (χ0n) is 17.5. The van der Waals surface area contributed by atoms with Gasteiger partial charge in [0.1, 0.15) is 4.83 Å². The molecule has 7 heteroatoms. The number of rotatable bonds is 7. The van der Waals surface area contributed by atoms with E-state index in [2.05, 4.69) is 12.2 Å². The maximum absolute atomic E-state index is 13.5. The van der Waals surface area contributed by atoms with Crippen LogP contribution in [0.5, 0.6) is 0 Å². The van der Waals surface area contributed by atoms with Gasteiger partial charge >= 0.3 is 0 Å². The van der Waals surface area contributed by atoms with Crippen LogP contribution in [-0.2, 0) is 11.2 Å². The fourth-order valence-electron chi connectivity index (χ4n) is 3.26. The summed E-state index contributed by atoms with van der Waals surface area (Å²) in [4.78, 5) is 32.5. The van der Waals surface area contributed by atoms with E-state index in [0.717, 1.165) is 39.4 Å². The predicted octanol–water partition coefficient (Wildman–Crippen LogP) is 4.63. The van der Waals surface area contributed by atoms with Crippen molar-refractivity contribution in [3.63, 3.8) is 0 Å². The van der Waals surface area contributed by atoms with Crippen molar-refractivity contribution >= 4 is 39.2 Å². The average Bonchev–Trinajstić information content (AvgIpc) is 3.01. The molecule has 1 atom stereocenters. The van der Waals surface area contributed by atoms with E-state index in [1.165, 1.54) is 11.8 Å². The minimum atomic E-state index is -0.0633. The van der Waals surface area contributed by atoms with E-state index in [1.54, 1.807) is 15.9 Å². The lowest BCUT2D eigenvalue weighted by atomic mass is 10.1. The first-order valence-electron chi connectivity index (χ1n) is 9.89. The van der Waals surface area contributed by atoms with Crippen molar-refractivity contribution in [2.45, 2.75) is 58.7 Å². The highest BCUT2D eigenvalue weighted by Crippen LogP contribution is 2.30. The molecule has 1 amide bonds. The van der Waals surface area contributed by atoms with Crippen LogP contribution >= 0.6 is 23.1 Å². The number of thiophene rings is 1. The number of aryl methyl sites for hydroxylation is 3. The summed E-state index contributed by atoms with van der Waals surface area (Å²) in [5.74, 6) is 0.171. The summed E-state index contributed by atoms with van der Waals surface area (Å²) in [5, 5.41) is 4.22. The molecular weight excluding hydrogens is 402 g/mol. The maximum Gasteiger partial charge on any atom is 0.267 e. The van der Waals surface area contributed by atoms with Crippen LogP contribution in [0.4, 0.5) is 0 Å². The summed E-state index contributed by atoms with van der Waals surface area (Å²) in [5.41, 5.74) is 2.85. The second-order valence-corrected chi connectivity index (χ2v) is 9.36. The topological polar surface area (TPSA) is 64.0 Å². The molecule has 0 fully saturated rings. The van der Waals surface area contributed by atoms with Crippen LogP contribution in [0.3, 0.4) is 0 Å². The van der Waals surface area contributed by atoms with Crippen molar-refractivity contribution in [3.05, 3.63) is 50.6 Å². The second kappa shape index (κ2) is 9.13. The van der Waals surface area contributed by atoms with Crippen molar-refractivity contribution in [1.29, 1.82) is 0 Å². The quantitative estimate of drug-likeness (QED) is 0.439. The van der Waals surface area contributed by atoms with Crippen LogP contribution in [0.1, 0.15) is 43.2 Å². The number of hydrogen-bond donors (Lipinski definition) is 1. The van der Waals surface area contributed by atoms with E-state index < -0.39 is 0 Å². The Labute approximate surface area is 179 Å². The summed E-state index contributed by atoms with van der Waals surface area (Å²) in [6, 6.07) is 7.95. The molecule has 3 aromatic rings. The number of fused-ring (bicyclic) bond motifs is 1. The fraction of sp³-hybridized carbons (Fsp3) is 0.409. The molecule has 0 aliphatic rings. The van der Waals surface area contributed by atoms with Gasteiger partial charge in [-0.05, 0) is 56.9 Å². The van der Waals surface area contributed by atoms with Crippen molar-refractivity contribution in [1.82, 2.24) is 14.9 Å². The van der Waals surface area contributed by atoms with E-state index >= 15 is 0 Å². The third-order valence-electron chi connectivity index (χ3n) is 4.96. The number of carbonyl (C=O) groups is 1. The lowest BCUT2D eigenvalue weighted by Crippen LogP contribution is -2.33. The number of amides is 1. The van der Waals surface area contributed by atoms with Gasteiger partial charge in [0.05, 0.1) is 16.8 Å². The SMILES string of the molecule is CCc1c(C)sc2nc(SCC(=O)N[C@H](C)CC)n(-c3cccc(C)c3)c(=O)c12. The molecule has 2 heterocycles. The van der Waals surface area contributed by atoms with Gasteiger partial charge in [-0.3, -0.25) is 14.2 Å². The second-order valence-electron chi connectivity index (χ2n) is 7.21. The van der Waals surface area contributed by atoms with Crippen LogP contribution in [-0.4, -0.2) is 27.3 Å². The average molecular weight is 430 g/mol. The van der Waals surface area contributed by atoms with E-state index in [1.807, 2.05) is 52.0 Å². The fourth-order valence-corrected chi connectivity index (χ4v) is 5.24. The van der Waals surface area contributed by atoms with Crippen molar-refractivity contribution in [3.8, 4) is 5.69 Å². The first-order chi connectivity index (χ1) is 13.8. The minimum absolute atomic E-state index is 0.0499. The third kappa shape index (κ3) is 4.56. The Balaban J connectivity index is 2.11. The Kier molecular flexibility index (Phi) is 6.80. The minimum Gasteiger partial charge on any atom is -0.353 e. The van der Waals surface area contributed by atoms with Crippen LogP contribution < -0.4 is 10.9 Å². The molecule has 0 unspecified atom stereocenters. The van der Waals surface area contributed by atoms with Gasteiger partial charge in [0.15, 0.2) is 5.16 Å². The summed E-state index contributed by atoms with van der Waals surface area (Å²) in [6.07, 6.45) is 1.67. The molecule has 0 aliphatic carbocycles. The van der Waals surface area contributed by atoms with Gasteiger partial charge in [0, 0.05) is 10.9 Å². The van der Waals surface area contributed by atoms with Crippen molar-refractivity contribution < 1.29 is 4.79 Å². The summed E-state index contributed by atoms with van der Waals surface area (Å²) >= 11 is 2.86. The summed E-state index contributed by atoms with van der Waals surface area (Å²) < 4.78 is 1.65. The Hall–Kier alpha value is -2.12. The normalized spacial score (nSPS) is 12.3. The van der Waals surface area contributed by atoms with Crippen LogP contribution in [0.25, 0.3) is 15.9 Å². The molecule has 3 rings (SSSR count). The monoisotopic (exact) mass is 429 g/mol. The van der Waals surface area contributed by atoms with Gasteiger partial charge in [0.25, 0.3) is 5.56 Å². The smallest absolute Gasteiger partial charge is 0.267 e. The van der Waals surface area contributed by atoms with Gasteiger partial charge in [0.2, 0.25) is 5.91 Å². The van der Waals surface area contributed by atoms with Gasteiger partial charge in [-0.15, -0.1) is 11.3 Å². The Bertz CT molecular complexity index is 1100. The molecule has 0 bridgehead atoms. The zero-order valence-corrected chi connectivity index (χ0v) is 19.2. The molecule has 5 nitrogen and oxygen atoms in total. The van der Waals surface area contributed by atoms with Crippen LogP contribution in [0, 0.1) is 13.8 Å². The molecule has 0 aliphatic heterocycles. The molecule has 1 N–H and O–H groups in total. The molecular formula is C22H27N3O2S2. The molecule has 2 aromatic heterocycles. The number of benzene rings is 1. The number of carbonyl (C=O) groups excluding carboxylic acids is 1. The highest BCUT2D eigenvalue weighted by molar-refractivity contribution is 7.99. The van der Waals surface area contributed by atoms with Crippen molar-refractivity contribution in [2.75, 3.05) is 5.75 Å². The summed E-state index contributed by atoms with van der Waals surface area (Å²) in [6.45, 7) is 10.1.